The van der Waals surface area contributed by atoms with Crippen molar-refractivity contribution in [1.82, 2.24) is 0 Å². The van der Waals surface area contributed by atoms with E-state index < -0.39 is 17.8 Å². The lowest BCUT2D eigenvalue weighted by atomic mass is 9.93. The van der Waals surface area contributed by atoms with Gasteiger partial charge in [0.2, 0.25) is 0 Å². The molecule has 0 heterocycles. The lowest BCUT2D eigenvalue weighted by molar-refractivity contribution is -0.137. The highest BCUT2D eigenvalue weighted by atomic mass is 79.9. The Hall–Kier alpha value is -1.33. The zero-order valence-corrected chi connectivity index (χ0v) is 13.2. The first kappa shape index (κ1) is 16.0. The summed E-state index contributed by atoms with van der Waals surface area (Å²) < 4.78 is 39.0. The highest BCUT2D eigenvalue weighted by molar-refractivity contribution is 9.10. The first-order chi connectivity index (χ1) is 9.68. The van der Waals surface area contributed by atoms with Crippen LogP contribution in [0.1, 0.15) is 33.9 Å². The lowest BCUT2D eigenvalue weighted by Gasteiger charge is -2.18. The van der Waals surface area contributed by atoms with E-state index in [4.69, 9.17) is 5.73 Å². The van der Waals surface area contributed by atoms with Crippen molar-refractivity contribution < 1.29 is 13.2 Å². The molecule has 2 aromatic rings. The molecule has 0 aliphatic heterocycles. The molecule has 1 nitrogen and oxygen atoms in total. The predicted octanol–water partition coefficient (Wildman–Crippen LogP) is 5.13. The molecule has 0 spiro atoms. The summed E-state index contributed by atoms with van der Waals surface area (Å²) in [6, 6.07) is 8.99. The van der Waals surface area contributed by atoms with Crippen LogP contribution in [0.25, 0.3) is 0 Å². The SMILES string of the molecule is Cc1cc(Br)cc(C(N)c2ccc(C(F)(F)F)cc2C)c1. The summed E-state index contributed by atoms with van der Waals surface area (Å²) in [7, 11) is 0. The van der Waals surface area contributed by atoms with Gasteiger partial charge < -0.3 is 5.73 Å². The first-order valence-electron chi connectivity index (χ1n) is 6.39. The molecule has 0 fully saturated rings. The van der Waals surface area contributed by atoms with E-state index in [2.05, 4.69) is 15.9 Å². The van der Waals surface area contributed by atoms with Crippen molar-refractivity contribution >= 4 is 15.9 Å². The van der Waals surface area contributed by atoms with Crippen LogP contribution in [0.4, 0.5) is 13.2 Å². The van der Waals surface area contributed by atoms with Gasteiger partial charge in [0.15, 0.2) is 0 Å². The van der Waals surface area contributed by atoms with Crippen LogP contribution in [-0.4, -0.2) is 0 Å². The topological polar surface area (TPSA) is 26.0 Å². The number of benzene rings is 2. The fourth-order valence-corrected chi connectivity index (χ4v) is 2.95. The molecular weight excluding hydrogens is 343 g/mol. The number of halogens is 4. The van der Waals surface area contributed by atoms with E-state index in [-0.39, 0.29) is 0 Å². The summed E-state index contributed by atoms with van der Waals surface area (Å²) in [5, 5.41) is 0. The monoisotopic (exact) mass is 357 g/mol. The third kappa shape index (κ3) is 3.66. The van der Waals surface area contributed by atoms with Crippen LogP contribution >= 0.6 is 15.9 Å². The fraction of sp³-hybridized carbons (Fsp3) is 0.250. The molecule has 1 atom stereocenters. The van der Waals surface area contributed by atoms with E-state index in [1.54, 1.807) is 6.92 Å². The second-order valence-corrected chi connectivity index (χ2v) is 6.02. The molecule has 5 heteroatoms. The maximum absolute atomic E-state index is 12.7. The summed E-state index contributed by atoms with van der Waals surface area (Å²) in [6.07, 6.45) is -4.33. The average molecular weight is 358 g/mol. The second kappa shape index (κ2) is 5.81. The van der Waals surface area contributed by atoms with Crippen molar-refractivity contribution in [2.45, 2.75) is 26.1 Å². The van der Waals surface area contributed by atoms with Gasteiger partial charge in [-0.2, -0.15) is 13.2 Å². The van der Waals surface area contributed by atoms with Crippen LogP contribution < -0.4 is 5.73 Å². The van der Waals surface area contributed by atoms with Crippen molar-refractivity contribution in [1.29, 1.82) is 0 Å². The molecule has 21 heavy (non-hydrogen) atoms. The summed E-state index contributed by atoms with van der Waals surface area (Å²) in [6.45, 7) is 3.59. The third-order valence-corrected chi connectivity index (χ3v) is 3.81. The first-order valence-corrected chi connectivity index (χ1v) is 7.18. The maximum Gasteiger partial charge on any atom is 0.416 e. The number of hydrogen-bond donors (Lipinski definition) is 1. The van der Waals surface area contributed by atoms with Gasteiger partial charge in [-0.05, 0) is 60.4 Å². The van der Waals surface area contributed by atoms with Gasteiger partial charge >= 0.3 is 6.18 Å². The van der Waals surface area contributed by atoms with E-state index in [0.29, 0.717) is 11.1 Å². The van der Waals surface area contributed by atoms with Gasteiger partial charge in [0.25, 0.3) is 0 Å². The Labute approximate surface area is 130 Å². The summed E-state index contributed by atoms with van der Waals surface area (Å²) >= 11 is 3.41. The molecule has 112 valence electrons. The molecular formula is C16H15BrF3N. The van der Waals surface area contributed by atoms with E-state index >= 15 is 0 Å². The highest BCUT2D eigenvalue weighted by Crippen LogP contribution is 2.33. The Bertz CT molecular complexity index is 645. The quantitative estimate of drug-likeness (QED) is 0.791. The molecule has 2 rings (SSSR count). The van der Waals surface area contributed by atoms with E-state index in [1.165, 1.54) is 6.07 Å². The fourth-order valence-electron chi connectivity index (χ4n) is 2.32. The summed E-state index contributed by atoms with van der Waals surface area (Å²) in [5.74, 6) is 0. The standard InChI is InChI=1S/C16H15BrF3N/c1-9-5-11(8-13(17)6-9)15(21)14-4-3-12(7-10(14)2)16(18,19)20/h3-8,15H,21H2,1-2H3. The summed E-state index contributed by atoms with van der Waals surface area (Å²) in [4.78, 5) is 0. The smallest absolute Gasteiger partial charge is 0.320 e. The largest absolute Gasteiger partial charge is 0.416 e. The van der Waals surface area contributed by atoms with Gasteiger partial charge in [-0.25, -0.2) is 0 Å². The zero-order chi connectivity index (χ0) is 15.8. The molecule has 0 bridgehead atoms. The zero-order valence-electron chi connectivity index (χ0n) is 11.6. The van der Waals surface area contributed by atoms with Gasteiger partial charge in [-0.3, -0.25) is 0 Å². The number of nitrogens with two attached hydrogens (primary N) is 1. The Balaban J connectivity index is 2.42. The number of rotatable bonds is 2. The Morgan fingerprint density at radius 3 is 2.24 bits per heavy atom. The third-order valence-electron chi connectivity index (χ3n) is 3.36. The van der Waals surface area contributed by atoms with Crippen molar-refractivity contribution in [2.75, 3.05) is 0 Å². The summed E-state index contributed by atoms with van der Waals surface area (Å²) in [5.41, 5.74) is 8.70. The van der Waals surface area contributed by atoms with E-state index in [9.17, 15) is 13.2 Å². The van der Waals surface area contributed by atoms with E-state index in [0.717, 1.165) is 27.7 Å². The van der Waals surface area contributed by atoms with Crippen LogP contribution in [0.3, 0.4) is 0 Å². The molecule has 0 aliphatic carbocycles. The Kier molecular flexibility index (Phi) is 4.44. The molecule has 0 saturated heterocycles. The van der Waals surface area contributed by atoms with Gasteiger partial charge in [-0.15, -0.1) is 0 Å². The molecule has 0 saturated carbocycles. The van der Waals surface area contributed by atoms with Gasteiger partial charge in [0, 0.05) is 4.47 Å². The van der Waals surface area contributed by atoms with Crippen molar-refractivity contribution in [3.8, 4) is 0 Å². The van der Waals surface area contributed by atoms with Crippen LogP contribution in [0.2, 0.25) is 0 Å². The molecule has 0 amide bonds. The van der Waals surface area contributed by atoms with Crippen molar-refractivity contribution in [2.24, 2.45) is 5.73 Å². The average Bonchev–Trinajstić information content (AvgIpc) is 2.35. The van der Waals surface area contributed by atoms with E-state index in [1.807, 2.05) is 25.1 Å². The van der Waals surface area contributed by atoms with Crippen LogP contribution in [0.5, 0.6) is 0 Å². The molecule has 2 aromatic carbocycles. The molecule has 1 unspecified atom stereocenters. The minimum absolute atomic E-state index is 0.455. The predicted molar refractivity (Wildman–Crippen MR) is 81.1 cm³/mol. The van der Waals surface area contributed by atoms with Crippen LogP contribution in [0, 0.1) is 13.8 Å². The number of aryl methyl sites for hydroxylation is 2. The van der Waals surface area contributed by atoms with Gasteiger partial charge in [-0.1, -0.05) is 28.1 Å². The molecule has 0 aliphatic rings. The van der Waals surface area contributed by atoms with Crippen LogP contribution in [0.15, 0.2) is 40.9 Å². The number of alkyl halides is 3. The highest BCUT2D eigenvalue weighted by Gasteiger charge is 2.31. The Morgan fingerprint density at radius 1 is 1.05 bits per heavy atom. The number of hydrogen-bond acceptors (Lipinski definition) is 1. The molecule has 0 radical (unpaired) electrons. The van der Waals surface area contributed by atoms with Crippen LogP contribution in [-0.2, 0) is 6.18 Å². The van der Waals surface area contributed by atoms with Gasteiger partial charge in [0.05, 0.1) is 11.6 Å². The van der Waals surface area contributed by atoms with Crippen molar-refractivity contribution in [3.63, 3.8) is 0 Å². The van der Waals surface area contributed by atoms with Gasteiger partial charge in [0.1, 0.15) is 0 Å². The normalized spacial score (nSPS) is 13.3. The minimum atomic E-state index is -4.33. The Morgan fingerprint density at radius 2 is 1.71 bits per heavy atom. The molecule has 0 aromatic heterocycles. The minimum Gasteiger partial charge on any atom is -0.320 e. The lowest BCUT2D eigenvalue weighted by Crippen LogP contribution is -2.15. The maximum atomic E-state index is 12.7. The molecule has 2 N–H and O–H groups in total. The van der Waals surface area contributed by atoms with Crippen molar-refractivity contribution in [3.05, 3.63) is 68.7 Å². The second-order valence-electron chi connectivity index (χ2n) is 5.11.